The van der Waals surface area contributed by atoms with Crippen molar-refractivity contribution in [2.45, 2.75) is 58.7 Å². The average molecular weight is 328 g/mol. The Hall–Kier alpha value is -1.28. The third-order valence-corrected chi connectivity index (χ3v) is 6.60. The van der Waals surface area contributed by atoms with Crippen molar-refractivity contribution in [3.05, 3.63) is 48.2 Å². The Balaban J connectivity index is 1.66. The molecule has 0 spiro atoms. The molecule has 2 aliphatic rings. The maximum absolute atomic E-state index is 6.41. The van der Waals surface area contributed by atoms with Crippen LogP contribution in [0.3, 0.4) is 0 Å². The number of benzene rings is 1. The van der Waals surface area contributed by atoms with E-state index in [-0.39, 0.29) is 0 Å². The standard InChI is InChI=1S/C22H32O2/c1-17(13-15-23-3)19-11-12-20-21(10-7-14-22(19,20)2)24-16-18-8-5-4-6-9-18/h4-6,8-9,13,15,17,19-21H,7,10-12,14,16H2,1-3H3. The van der Waals surface area contributed by atoms with Crippen LogP contribution in [0.15, 0.2) is 42.7 Å². The summed E-state index contributed by atoms with van der Waals surface area (Å²) in [5, 5.41) is 0. The van der Waals surface area contributed by atoms with Gasteiger partial charge < -0.3 is 9.47 Å². The second-order valence-electron chi connectivity index (χ2n) is 7.95. The second kappa shape index (κ2) is 7.74. The van der Waals surface area contributed by atoms with Gasteiger partial charge in [-0.25, -0.2) is 0 Å². The fourth-order valence-corrected chi connectivity index (χ4v) is 5.34. The topological polar surface area (TPSA) is 18.5 Å². The molecule has 0 radical (unpaired) electrons. The van der Waals surface area contributed by atoms with Crippen LogP contribution in [-0.4, -0.2) is 13.2 Å². The van der Waals surface area contributed by atoms with E-state index in [1.54, 1.807) is 7.11 Å². The highest BCUT2D eigenvalue weighted by Crippen LogP contribution is 2.58. The van der Waals surface area contributed by atoms with Crippen LogP contribution < -0.4 is 0 Å². The Morgan fingerprint density at radius 3 is 2.75 bits per heavy atom. The Morgan fingerprint density at radius 2 is 2.00 bits per heavy atom. The Labute approximate surface area is 147 Å². The molecule has 2 nitrogen and oxygen atoms in total. The molecule has 132 valence electrons. The van der Waals surface area contributed by atoms with Gasteiger partial charge in [-0.05, 0) is 60.5 Å². The van der Waals surface area contributed by atoms with Crippen molar-refractivity contribution in [3.8, 4) is 0 Å². The summed E-state index contributed by atoms with van der Waals surface area (Å²) in [5.41, 5.74) is 1.70. The van der Waals surface area contributed by atoms with E-state index in [4.69, 9.17) is 9.47 Å². The minimum Gasteiger partial charge on any atom is -0.505 e. The minimum absolute atomic E-state index is 0.414. The van der Waals surface area contributed by atoms with Crippen molar-refractivity contribution in [3.63, 3.8) is 0 Å². The molecule has 2 aliphatic carbocycles. The molecule has 5 atom stereocenters. The van der Waals surface area contributed by atoms with Crippen molar-refractivity contribution < 1.29 is 9.47 Å². The molecule has 0 heterocycles. The molecule has 1 aromatic rings. The largest absolute Gasteiger partial charge is 0.505 e. The lowest BCUT2D eigenvalue weighted by atomic mass is 9.62. The van der Waals surface area contributed by atoms with Crippen molar-refractivity contribution >= 4 is 0 Å². The highest BCUT2D eigenvalue weighted by atomic mass is 16.5. The average Bonchev–Trinajstić information content (AvgIpc) is 2.96. The molecule has 1 aromatic carbocycles. The Bertz CT molecular complexity index is 538. The summed E-state index contributed by atoms with van der Waals surface area (Å²) >= 11 is 0. The van der Waals surface area contributed by atoms with Crippen LogP contribution in [0.1, 0.15) is 51.5 Å². The van der Waals surface area contributed by atoms with E-state index in [9.17, 15) is 0 Å². The Kier molecular flexibility index (Phi) is 5.65. The molecule has 24 heavy (non-hydrogen) atoms. The summed E-state index contributed by atoms with van der Waals surface area (Å²) in [5.74, 6) is 2.03. The first-order valence-electron chi connectivity index (χ1n) is 9.50. The molecule has 2 heteroatoms. The maximum atomic E-state index is 6.41. The van der Waals surface area contributed by atoms with Crippen LogP contribution in [0.2, 0.25) is 0 Å². The quantitative estimate of drug-likeness (QED) is 0.634. The van der Waals surface area contributed by atoms with E-state index in [1.165, 1.54) is 37.7 Å². The van der Waals surface area contributed by atoms with Crippen molar-refractivity contribution in [2.24, 2.45) is 23.2 Å². The molecule has 5 unspecified atom stereocenters. The highest BCUT2D eigenvalue weighted by molar-refractivity contribution is 5.13. The zero-order valence-corrected chi connectivity index (χ0v) is 15.4. The predicted molar refractivity (Wildman–Crippen MR) is 98.5 cm³/mol. The van der Waals surface area contributed by atoms with Crippen LogP contribution in [0.25, 0.3) is 0 Å². The lowest BCUT2D eigenvalue weighted by Crippen LogP contribution is -2.42. The molecular weight excluding hydrogens is 296 g/mol. The summed E-state index contributed by atoms with van der Waals surface area (Å²) in [7, 11) is 1.73. The molecule has 2 saturated carbocycles. The van der Waals surface area contributed by atoms with Crippen LogP contribution in [0.5, 0.6) is 0 Å². The normalized spacial score (nSPS) is 34.2. The molecule has 0 saturated heterocycles. The van der Waals surface area contributed by atoms with Crippen molar-refractivity contribution in [2.75, 3.05) is 7.11 Å². The monoisotopic (exact) mass is 328 g/mol. The first kappa shape index (κ1) is 17.5. The van der Waals surface area contributed by atoms with E-state index in [2.05, 4.69) is 50.3 Å². The predicted octanol–water partition coefficient (Wildman–Crippen LogP) is 5.58. The summed E-state index contributed by atoms with van der Waals surface area (Å²) in [6.45, 7) is 5.62. The van der Waals surface area contributed by atoms with Gasteiger partial charge in [-0.3, -0.25) is 0 Å². The van der Waals surface area contributed by atoms with Crippen molar-refractivity contribution in [1.29, 1.82) is 0 Å². The van der Waals surface area contributed by atoms with Gasteiger partial charge in [0.15, 0.2) is 0 Å². The molecule has 0 N–H and O–H groups in total. The highest BCUT2D eigenvalue weighted by Gasteiger charge is 2.52. The first-order chi connectivity index (χ1) is 11.6. The van der Waals surface area contributed by atoms with Gasteiger partial charge in [-0.15, -0.1) is 0 Å². The Morgan fingerprint density at radius 1 is 1.21 bits per heavy atom. The molecule has 0 amide bonds. The maximum Gasteiger partial charge on any atom is 0.0787 e. The molecule has 0 aliphatic heterocycles. The van der Waals surface area contributed by atoms with Gasteiger partial charge in [0, 0.05) is 0 Å². The third-order valence-electron chi connectivity index (χ3n) is 6.60. The molecular formula is C22H32O2. The second-order valence-corrected chi connectivity index (χ2v) is 7.95. The zero-order valence-electron chi connectivity index (χ0n) is 15.4. The van der Waals surface area contributed by atoms with Crippen LogP contribution in [0.4, 0.5) is 0 Å². The van der Waals surface area contributed by atoms with E-state index in [0.717, 1.165) is 12.5 Å². The lowest BCUT2D eigenvalue weighted by molar-refractivity contribution is -0.0743. The van der Waals surface area contributed by atoms with Crippen LogP contribution in [0, 0.1) is 23.2 Å². The summed E-state index contributed by atoms with van der Waals surface area (Å²) in [6, 6.07) is 10.6. The zero-order chi connectivity index (χ0) is 17.0. The number of methoxy groups -OCH3 is 1. The summed E-state index contributed by atoms with van der Waals surface area (Å²) < 4.78 is 11.6. The molecule has 2 fully saturated rings. The van der Waals surface area contributed by atoms with Crippen molar-refractivity contribution in [1.82, 2.24) is 0 Å². The van der Waals surface area contributed by atoms with E-state index in [0.29, 0.717) is 23.4 Å². The summed E-state index contributed by atoms with van der Waals surface area (Å²) in [4.78, 5) is 0. The third kappa shape index (κ3) is 3.54. The number of hydrogen-bond donors (Lipinski definition) is 0. The van der Waals surface area contributed by atoms with Gasteiger partial charge in [-0.1, -0.05) is 50.6 Å². The minimum atomic E-state index is 0.414. The van der Waals surface area contributed by atoms with Gasteiger partial charge >= 0.3 is 0 Å². The van der Waals surface area contributed by atoms with Gasteiger partial charge in [0.1, 0.15) is 0 Å². The van der Waals surface area contributed by atoms with Crippen LogP contribution >= 0.6 is 0 Å². The number of ether oxygens (including phenoxy) is 2. The number of allylic oxidation sites excluding steroid dienone is 1. The van der Waals surface area contributed by atoms with E-state index < -0.39 is 0 Å². The molecule has 0 bridgehead atoms. The smallest absolute Gasteiger partial charge is 0.0787 e. The fourth-order valence-electron chi connectivity index (χ4n) is 5.34. The van der Waals surface area contributed by atoms with Crippen LogP contribution in [-0.2, 0) is 16.1 Å². The molecule has 0 aromatic heterocycles. The number of fused-ring (bicyclic) bond motifs is 1. The SMILES string of the molecule is COC=CC(C)C1CCC2C(OCc3ccccc3)CCCC12C. The van der Waals surface area contributed by atoms with Gasteiger partial charge in [-0.2, -0.15) is 0 Å². The van der Waals surface area contributed by atoms with Gasteiger partial charge in [0.2, 0.25) is 0 Å². The lowest BCUT2D eigenvalue weighted by Gasteiger charge is -2.46. The molecule has 3 rings (SSSR count). The van der Waals surface area contributed by atoms with E-state index >= 15 is 0 Å². The van der Waals surface area contributed by atoms with E-state index in [1.807, 2.05) is 6.26 Å². The van der Waals surface area contributed by atoms with Gasteiger partial charge in [0.05, 0.1) is 26.1 Å². The summed E-state index contributed by atoms with van der Waals surface area (Å²) in [6.07, 6.45) is 11.0. The fraction of sp³-hybridized carbons (Fsp3) is 0.636. The number of rotatable bonds is 6. The first-order valence-corrected chi connectivity index (χ1v) is 9.50. The number of hydrogen-bond acceptors (Lipinski definition) is 2. The van der Waals surface area contributed by atoms with Gasteiger partial charge in [0.25, 0.3) is 0 Å².